The standard InChI is InChI=1S/C15H22FP.Pd/c1-12(2)17(13(3)4)11-5-6-14-7-9-15(16)10-8-14;/h5,7-13H,6H2,1-4H3;. The molecule has 1 aromatic rings. The molecule has 0 radical (unpaired) electrons. The molecule has 0 aliphatic heterocycles. The zero-order valence-electron chi connectivity index (χ0n) is 11.5. The van der Waals surface area contributed by atoms with Crippen molar-refractivity contribution in [2.24, 2.45) is 0 Å². The Morgan fingerprint density at radius 3 is 2.00 bits per heavy atom. The Morgan fingerprint density at radius 2 is 1.56 bits per heavy atom. The van der Waals surface area contributed by atoms with Crippen LogP contribution in [0.1, 0.15) is 33.3 Å². The first-order chi connectivity index (χ1) is 8.00. The number of hydrogen-bond donors (Lipinski definition) is 0. The van der Waals surface area contributed by atoms with Crippen molar-refractivity contribution >= 4 is 7.92 Å². The molecule has 0 nitrogen and oxygen atoms in total. The van der Waals surface area contributed by atoms with E-state index < -0.39 is 0 Å². The third-order valence-corrected chi connectivity index (χ3v) is 5.68. The van der Waals surface area contributed by atoms with E-state index in [1.807, 2.05) is 12.1 Å². The van der Waals surface area contributed by atoms with Crippen LogP contribution in [0.15, 0.2) is 36.2 Å². The first-order valence-electron chi connectivity index (χ1n) is 6.19. The quantitative estimate of drug-likeness (QED) is 0.502. The van der Waals surface area contributed by atoms with Crippen LogP contribution in [0.25, 0.3) is 0 Å². The molecule has 104 valence electrons. The van der Waals surface area contributed by atoms with Gasteiger partial charge in [-0.3, -0.25) is 0 Å². The molecule has 0 bridgehead atoms. The van der Waals surface area contributed by atoms with Crippen molar-refractivity contribution in [1.82, 2.24) is 0 Å². The van der Waals surface area contributed by atoms with Crippen LogP contribution in [0.4, 0.5) is 4.39 Å². The van der Waals surface area contributed by atoms with Crippen LogP contribution in [0.2, 0.25) is 0 Å². The Kier molecular flexibility index (Phi) is 8.97. The predicted molar refractivity (Wildman–Crippen MR) is 76.4 cm³/mol. The minimum absolute atomic E-state index is 0. The Labute approximate surface area is 125 Å². The van der Waals surface area contributed by atoms with Crippen molar-refractivity contribution in [2.45, 2.75) is 45.4 Å². The molecule has 0 aliphatic rings. The maximum atomic E-state index is 12.7. The van der Waals surface area contributed by atoms with Crippen molar-refractivity contribution < 1.29 is 24.8 Å². The summed E-state index contributed by atoms with van der Waals surface area (Å²) in [7, 11) is -0.0358. The second-order valence-corrected chi connectivity index (χ2v) is 8.11. The summed E-state index contributed by atoms with van der Waals surface area (Å²) >= 11 is 0. The van der Waals surface area contributed by atoms with Crippen molar-refractivity contribution in [2.75, 3.05) is 0 Å². The Hall–Kier alpha value is -0.0177. The average molecular weight is 359 g/mol. The number of halogens is 1. The van der Waals surface area contributed by atoms with Crippen molar-refractivity contribution in [3.05, 3.63) is 47.5 Å². The molecule has 1 rings (SSSR count). The molecule has 0 atom stereocenters. The fourth-order valence-corrected chi connectivity index (χ4v) is 4.10. The van der Waals surface area contributed by atoms with E-state index in [0.29, 0.717) is 0 Å². The average Bonchev–Trinajstić information content (AvgIpc) is 2.25. The maximum absolute atomic E-state index is 12.7. The summed E-state index contributed by atoms with van der Waals surface area (Å²) in [5.74, 6) is 2.21. The van der Waals surface area contributed by atoms with Gasteiger partial charge in [-0.2, -0.15) is 0 Å². The predicted octanol–water partition coefficient (Wildman–Crippen LogP) is 5.18. The van der Waals surface area contributed by atoms with Gasteiger partial charge in [0, 0.05) is 20.4 Å². The van der Waals surface area contributed by atoms with Crippen molar-refractivity contribution in [3.8, 4) is 0 Å². The molecule has 0 aliphatic carbocycles. The first-order valence-corrected chi connectivity index (χ1v) is 7.74. The van der Waals surface area contributed by atoms with Gasteiger partial charge >= 0.3 is 0 Å². The minimum Gasteiger partial charge on any atom is -0.207 e. The summed E-state index contributed by atoms with van der Waals surface area (Å²) in [5, 5.41) is 0. The van der Waals surface area contributed by atoms with E-state index in [1.54, 1.807) is 0 Å². The number of rotatable bonds is 5. The van der Waals surface area contributed by atoms with Crippen LogP contribution in [0, 0.1) is 5.82 Å². The summed E-state index contributed by atoms with van der Waals surface area (Å²) in [6, 6.07) is 6.76. The fourth-order valence-electron chi connectivity index (χ4n) is 1.87. The van der Waals surface area contributed by atoms with Gasteiger partial charge in [0.1, 0.15) is 5.82 Å². The number of benzene rings is 1. The zero-order valence-corrected chi connectivity index (χ0v) is 13.9. The van der Waals surface area contributed by atoms with E-state index >= 15 is 0 Å². The van der Waals surface area contributed by atoms with Crippen LogP contribution in [0.5, 0.6) is 0 Å². The van der Waals surface area contributed by atoms with Crippen LogP contribution in [-0.4, -0.2) is 11.3 Å². The van der Waals surface area contributed by atoms with Gasteiger partial charge in [0.2, 0.25) is 0 Å². The van der Waals surface area contributed by atoms with Gasteiger partial charge in [0.05, 0.1) is 0 Å². The topological polar surface area (TPSA) is 0 Å². The van der Waals surface area contributed by atoms with Gasteiger partial charge in [0.15, 0.2) is 0 Å². The third kappa shape index (κ3) is 6.24. The van der Waals surface area contributed by atoms with E-state index in [-0.39, 0.29) is 34.2 Å². The van der Waals surface area contributed by atoms with Gasteiger partial charge in [-0.05, 0) is 35.4 Å². The molecule has 0 saturated heterocycles. The van der Waals surface area contributed by atoms with Gasteiger partial charge in [-0.25, -0.2) is 4.39 Å². The molecule has 0 aromatic heterocycles. The van der Waals surface area contributed by atoms with Crippen LogP contribution in [-0.2, 0) is 26.8 Å². The van der Waals surface area contributed by atoms with Crippen LogP contribution in [0.3, 0.4) is 0 Å². The molecule has 3 heteroatoms. The second kappa shape index (κ2) is 8.98. The molecule has 1 aromatic carbocycles. The number of hydrogen-bond acceptors (Lipinski definition) is 0. The second-order valence-electron chi connectivity index (χ2n) is 4.85. The van der Waals surface area contributed by atoms with E-state index in [9.17, 15) is 4.39 Å². The summed E-state index contributed by atoms with van der Waals surface area (Å²) in [4.78, 5) is 0. The normalized spacial score (nSPS) is 11.6. The minimum atomic E-state index is -0.163. The van der Waals surface area contributed by atoms with E-state index in [2.05, 4.69) is 39.6 Å². The summed E-state index contributed by atoms with van der Waals surface area (Å²) < 4.78 is 12.7. The van der Waals surface area contributed by atoms with Crippen molar-refractivity contribution in [1.29, 1.82) is 0 Å². The van der Waals surface area contributed by atoms with E-state index in [1.165, 1.54) is 17.7 Å². The Balaban J connectivity index is 0.00000289. The summed E-state index contributed by atoms with van der Waals surface area (Å²) in [5.41, 5.74) is 2.63. The molecular weight excluding hydrogens is 337 g/mol. The van der Waals surface area contributed by atoms with Crippen molar-refractivity contribution in [3.63, 3.8) is 0 Å². The van der Waals surface area contributed by atoms with E-state index in [4.69, 9.17) is 0 Å². The molecular formula is C15H22FPPd. The number of allylic oxidation sites excluding steroid dienone is 1. The van der Waals surface area contributed by atoms with Gasteiger partial charge < -0.3 is 0 Å². The largest absolute Gasteiger partial charge is 0.207 e. The molecule has 18 heavy (non-hydrogen) atoms. The monoisotopic (exact) mass is 358 g/mol. The molecule has 0 N–H and O–H groups in total. The Bertz CT molecular complexity index is 349. The zero-order chi connectivity index (χ0) is 12.8. The van der Waals surface area contributed by atoms with Gasteiger partial charge in [-0.1, -0.05) is 59.6 Å². The third-order valence-electron chi connectivity index (χ3n) is 2.74. The first kappa shape index (κ1) is 18.0. The summed E-state index contributed by atoms with van der Waals surface area (Å²) in [6.07, 6.45) is 3.14. The smallest absolute Gasteiger partial charge is 0.123 e. The van der Waals surface area contributed by atoms with Crippen LogP contribution >= 0.6 is 7.92 Å². The van der Waals surface area contributed by atoms with E-state index in [0.717, 1.165) is 17.7 Å². The molecule has 0 spiro atoms. The molecule has 0 heterocycles. The molecule has 0 saturated carbocycles. The van der Waals surface area contributed by atoms with Gasteiger partial charge in [0.25, 0.3) is 0 Å². The maximum Gasteiger partial charge on any atom is 0.123 e. The van der Waals surface area contributed by atoms with Crippen LogP contribution < -0.4 is 0 Å². The Morgan fingerprint density at radius 1 is 1.06 bits per heavy atom. The SMILES string of the molecule is CC(C)P(C=CCc1ccc(F)cc1)C(C)C.[Pd]. The molecule has 0 fully saturated rings. The summed E-state index contributed by atoms with van der Waals surface area (Å²) in [6.45, 7) is 9.14. The fraction of sp³-hybridized carbons (Fsp3) is 0.467. The van der Waals surface area contributed by atoms with Gasteiger partial charge in [-0.15, -0.1) is 0 Å². The molecule has 0 amide bonds. The molecule has 0 unspecified atom stereocenters.